The number of thiophene rings is 1. The molecule has 54 heavy (non-hydrogen) atoms. The standard InChI is InChI=1S/C52H37NS/c1-51(2)45-22-12-9-19-39(45)41-28-25-37(32-48(41)51)53(38-26-29-43-42-21-11-14-24-49(42)54-50(43)33-38)36-27-30-47-44(31-36)40-20-10-13-23-46(40)52(47,34-15-5-3-6-16-34)35-17-7-4-8-18-35/h3-33H,1-2H3. The number of anilines is 3. The molecule has 1 heterocycles. The Morgan fingerprint density at radius 3 is 1.65 bits per heavy atom. The highest BCUT2D eigenvalue weighted by Gasteiger charge is 2.46. The molecule has 9 aromatic rings. The fraction of sp³-hybridized carbons (Fsp3) is 0.0769. The van der Waals surface area contributed by atoms with Crippen molar-refractivity contribution < 1.29 is 0 Å². The number of hydrogen-bond acceptors (Lipinski definition) is 2. The van der Waals surface area contributed by atoms with E-state index in [4.69, 9.17) is 0 Å². The van der Waals surface area contributed by atoms with Gasteiger partial charge in [-0.1, -0.05) is 159 Å². The van der Waals surface area contributed by atoms with Gasteiger partial charge in [0.05, 0.1) is 5.41 Å². The van der Waals surface area contributed by atoms with Crippen LogP contribution in [0.4, 0.5) is 17.1 Å². The van der Waals surface area contributed by atoms with Gasteiger partial charge in [0.25, 0.3) is 0 Å². The Morgan fingerprint density at radius 1 is 0.370 bits per heavy atom. The van der Waals surface area contributed by atoms with Crippen LogP contribution in [0.3, 0.4) is 0 Å². The molecule has 0 fully saturated rings. The third kappa shape index (κ3) is 4.32. The molecule has 2 aliphatic rings. The normalized spacial score (nSPS) is 14.4. The Balaban J connectivity index is 1.16. The first-order valence-electron chi connectivity index (χ1n) is 18.8. The zero-order valence-electron chi connectivity index (χ0n) is 30.3. The van der Waals surface area contributed by atoms with E-state index in [-0.39, 0.29) is 5.41 Å². The Labute approximate surface area is 320 Å². The van der Waals surface area contributed by atoms with Crippen LogP contribution in [0.15, 0.2) is 188 Å². The van der Waals surface area contributed by atoms with Crippen molar-refractivity contribution in [3.63, 3.8) is 0 Å². The van der Waals surface area contributed by atoms with Crippen molar-refractivity contribution in [3.8, 4) is 22.3 Å². The molecule has 0 N–H and O–H groups in total. The highest BCUT2D eigenvalue weighted by Crippen LogP contribution is 2.58. The summed E-state index contributed by atoms with van der Waals surface area (Å²) in [5.74, 6) is 0. The number of nitrogens with zero attached hydrogens (tertiary/aromatic N) is 1. The van der Waals surface area contributed by atoms with E-state index < -0.39 is 5.41 Å². The van der Waals surface area contributed by atoms with Crippen LogP contribution in [0.2, 0.25) is 0 Å². The van der Waals surface area contributed by atoms with E-state index in [2.05, 4.69) is 207 Å². The van der Waals surface area contributed by atoms with Crippen LogP contribution in [0.1, 0.15) is 47.2 Å². The molecule has 0 bridgehead atoms. The van der Waals surface area contributed by atoms with Crippen LogP contribution in [-0.4, -0.2) is 0 Å². The molecule has 0 saturated carbocycles. The van der Waals surface area contributed by atoms with Crippen molar-refractivity contribution in [1.82, 2.24) is 0 Å². The zero-order chi connectivity index (χ0) is 36.0. The van der Waals surface area contributed by atoms with Gasteiger partial charge in [-0.2, -0.15) is 0 Å². The van der Waals surface area contributed by atoms with Gasteiger partial charge in [-0.05, 0) is 98.1 Å². The average molecular weight is 708 g/mol. The molecule has 0 unspecified atom stereocenters. The maximum Gasteiger partial charge on any atom is 0.0713 e. The Hall–Kier alpha value is -6.22. The smallest absolute Gasteiger partial charge is 0.0713 e. The second-order valence-electron chi connectivity index (χ2n) is 15.3. The molecule has 0 saturated heterocycles. The molecule has 8 aromatic carbocycles. The highest BCUT2D eigenvalue weighted by atomic mass is 32.1. The minimum absolute atomic E-state index is 0.106. The van der Waals surface area contributed by atoms with E-state index in [1.807, 2.05) is 11.3 Å². The third-order valence-electron chi connectivity index (χ3n) is 12.1. The van der Waals surface area contributed by atoms with Crippen LogP contribution < -0.4 is 4.90 Å². The summed E-state index contributed by atoms with van der Waals surface area (Å²) < 4.78 is 2.62. The van der Waals surface area contributed by atoms with Gasteiger partial charge in [0.2, 0.25) is 0 Å². The van der Waals surface area contributed by atoms with E-state index in [0.717, 1.165) is 11.4 Å². The van der Waals surface area contributed by atoms with Crippen molar-refractivity contribution in [3.05, 3.63) is 221 Å². The first-order valence-corrected chi connectivity index (χ1v) is 19.7. The lowest BCUT2D eigenvalue weighted by Gasteiger charge is -2.34. The van der Waals surface area contributed by atoms with Crippen LogP contribution in [0.25, 0.3) is 42.4 Å². The van der Waals surface area contributed by atoms with Crippen molar-refractivity contribution in [1.29, 1.82) is 0 Å². The summed E-state index contributed by atoms with van der Waals surface area (Å²) in [5, 5.41) is 2.63. The third-order valence-corrected chi connectivity index (χ3v) is 13.3. The van der Waals surface area contributed by atoms with E-state index >= 15 is 0 Å². The van der Waals surface area contributed by atoms with Gasteiger partial charge < -0.3 is 4.90 Å². The lowest BCUT2D eigenvalue weighted by atomic mass is 9.68. The number of benzene rings is 8. The van der Waals surface area contributed by atoms with Crippen molar-refractivity contribution in [2.75, 3.05) is 4.90 Å². The first-order chi connectivity index (χ1) is 26.5. The van der Waals surface area contributed by atoms with Gasteiger partial charge in [0, 0.05) is 42.6 Å². The van der Waals surface area contributed by atoms with Crippen molar-refractivity contribution in [2.45, 2.75) is 24.7 Å². The molecular formula is C52H37NS. The van der Waals surface area contributed by atoms with Crippen LogP contribution in [-0.2, 0) is 10.8 Å². The summed E-state index contributed by atoms with van der Waals surface area (Å²) >= 11 is 1.87. The van der Waals surface area contributed by atoms with Gasteiger partial charge in [0.1, 0.15) is 0 Å². The Kier molecular flexibility index (Phi) is 6.75. The Bertz CT molecular complexity index is 2880. The van der Waals surface area contributed by atoms with Crippen molar-refractivity contribution in [2.24, 2.45) is 0 Å². The second-order valence-corrected chi connectivity index (χ2v) is 16.4. The van der Waals surface area contributed by atoms with E-state index in [9.17, 15) is 0 Å². The maximum absolute atomic E-state index is 2.48. The molecule has 2 heteroatoms. The summed E-state index contributed by atoms with van der Waals surface area (Å²) in [6.07, 6.45) is 0. The quantitative estimate of drug-likeness (QED) is 0.172. The van der Waals surface area contributed by atoms with Crippen LogP contribution in [0, 0.1) is 0 Å². The number of fused-ring (bicyclic) bond motifs is 9. The van der Waals surface area contributed by atoms with E-state index in [0.29, 0.717) is 0 Å². The molecule has 0 amide bonds. The largest absolute Gasteiger partial charge is 0.310 e. The minimum Gasteiger partial charge on any atom is -0.310 e. The Morgan fingerprint density at radius 2 is 0.889 bits per heavy atom. The van der Waals surface area contributed by atoms with Crippen LogP contribution >= 0.6 is 11.3 Å². The molecule has 0 radical (unpaired) electrons. The first kappa shape index (κ1) is 31.3. The van der Waals surface area contributed by atoms with E-state index in [1.165, 1.54) is 81.5 Å². The molecule has 1 nitrogen and oxygen atoms in total. The number of rotatable bonds is 5. The van der Waals surface area contributed by atoms with Gasteiger partial charge in [-0.25, -0.2) is 0 Å². The SMILES string of the molecule is CC1(C)c2ccccc2-c2ccc(N(c3ccc4c(c3)-c3ccccc3C4(c3ccccc3)c3ccccc3)c3ccc4c(c3)sc3ccccc34)cc21. The van der Waals surface area contributed by atoms with Gasteiger partial charge in [-0.15, -0.1) is 11.3 Å². The predicted octanol–water partition coefficient (Wildman–Crippen LogP) is 14.2. The average Bonchev–Trinajstić information content (AvgIpc) is 3.82. The molecule has 1 aromatic heterocycles. The van der Waals surface area contributed by atoms with E-state index in [1.54, 1.807) is 0 Å². The highest BCUT2D eigenvalue weighted by molar-refractivity contribution is 7.25. The molecule has 0 spiro atoms. The van der Waals surface area contributed by atoms with Gasteiger partial charge in [-0.3, -0.25) is 0 Å². The zero-order valence-corrected chi connectivity index (χ0v) is 31.1. The van der Waals surface area contributed by atoms with Gasteiger partial charge in [0.15, 0.2) is 0 Å². The molecule has 11 rings (SSSR count). The molecule has 0 aliphatic heterocycles. The summed E-state index contributed by atoms with van der Waals surface area (Å²) in [5.41, 5.74) is 16.1. The molecule has 0 atom stereocenters. The fourth-order valence-corrected chi connectivity index (χ4v) is 10.8. The minimum atomic E-state index is -0.433. The summed E-state index contributed by atoms with van der Waals surface area (Å²) in [6, 6.07) is 70.2. The fourth-order valence-electron chi connectivity index (χ4n) is 9.71. The molecule has 256 valence electrons. The van der Waals surface area contributed by atoms with Gasteiger partial charge >= 0.3 is 0 Å². The monoisotopic (exact) mass is 707 g/mol. The lowest BCUT2D eigenvalue weighted by molar-refractivity contribution is 0.660. The summed E-state index contributed by atoms with van der Waals surface area (Å²) in [7, 11) is 0. The molecule has 2 aliphatic carbocycles. The summed E-state index contributed by atoms with van der Waals surface area (Å²) in [4.78, 5) is 2.48. The second kappa shape index (κ2) is 11.6. The topological polar surface area (TPSA) is 3.24 Å². The maximum atomic E-state index is 2.48. The number of hydrogen-bond donors (Lipinski definition) is 0. The van der Waals surface area contributed by atoms with Crippen molar-refractivity contribution >= 4 is 48.6 Å². The lowest BCUT2D eigenvalue weighted by Crippen LogP contribution is -2.28. The predicted molar refractivity (Wildman–Crippen MR) is 229 cm³/mol. The summed E-state index contributed by atoms with van der Waals surface area (Å²) in [6.45, 7) is 4.74. The van der Waals surface area contributed by atoms with Crippen LogP contribution in [0.5, 0.6) is 0 Å². The molecular weight excluding hydrogens is 671 g/mol.